The topological polar surface area (TPSA) is 63.2 Å². The molecule has 25 heavy (non-hydrogen) atoms. The largest absolute Gasteiger partial charge is 0.496 e. The Morgan fingerprint density at radius 1 is 0.720 bits per heavy atom. The van der Waals surface area contributed by atoms with Crippen molar-refractivity contribution in [2.45, 2.75) is 0 Å². The molecule has 0 spiro atoms. The lowest BCUT2D eigenvalue weighted by Gasteiger charge is -2.15. The molecule has 0 N–H and O–H groups in total. The van der Waals surface area contributed by atoms with E-state index in [1.807, 2.05) is 0 Å². The lowest BCUT2D eigenvalue weighted by atomic mass is 10.0. The average Bonchev–Trinajstić information content (AvgIpc) is 2.65. The van der Waals surface area contributed by atoms with Gasteiger partial charge in [0.2, 0.25) is 5.75 Å². The number of rotatable bonds is 7. The molecule has 2 aromatic rings. The monoisotopic (exact) mass is 410 g/mol. The lowest BCUT2D eigenvalue weighted by molar-refractivity contribution is 0.103. The SMILES string of the molecule is COc1cc(OC)c(C(=O)c2cc(OC)c(OC)c(OC)c2)cc1Br. The highest BCUT2D eigenvalue weighted by Crippen LogP contribution is 2.40. The molecule has 0 aliphatic rings. The van der Waals surface area contributed by atoms with Gasteiger partial charge in [-0.25, -0.2) is 0 Å². The second-order valence-corrected chi connectivity index (χ2v) is 5.78. The van der Waals surface area contributed by atoms with Crippen molar-refractivity contribution in [2.24, 2.45) is 0 Å². The van der Waals surface area contributed by atoms with Crippen molar-refractivity contribution in [1.82, 2.24) is 0 Å². The second kappa shape index (κ2) is 8.11. The summed E-state index contributed by atoms with van der Waals surface area (Å²) in [5.41, 5.74) is 0.759. The molecule has 0 aliphatic heterocycles. The van der Waals surface area contributed by atoms with E-state index in [2.05, 4.69) is 15.9 Å². The van der Waals surface area contributed by atoms with Crippen molar-refractivity contribution >= 4 is 21.7 Å². The van der Waals surface area contributed by atoms with Gasteiger partial charge in [-0.15, -0.1) is 0 Å². The molecule has 0 saturated heterocycles. The van der Waals surface area contributed by atoms with Crippen LogP contribution in [0.25, 0.3) is 0 Å². The minimum atomic E-state index is -0.251. The van der Waals surface area contributed by atoms with Crippen molar-refractivity contribution < 1.29 is 28.5 Å². The fourth-order valence-electron chi connectivity index (χ4n) is 2.41. The molecule has 0 saturated carbocycles. The highest BCUT2D eigenvalue weighted by Gasteiger charge is 2.22. The van der Waals surface area contributed by atoms with Gasteiger partial charge >= 0.3 is 0 Å². The van der Waals surface area contributed by atoms with Crippen LogP contribution >= 0.6 is 15.9 Å². The van der Waals surface area contributed by atoms with Crippen molar-refractivity contribution in [3.63, 3.8) is 0 Å². The van der Waals surface area contributed by atoms with Crippen LogP contribution in [0.15, 0.2) is 28.7 Å². The zero-order valence-electron chi connectivity index (χ0n) is 14.6. The van der Waals surface area contributed by atoms with Crippen molar-refractivity contribution in [1.29, 1.82) is 0 Å². The first kappa shape index (κ1) is 18.9. The molecule has 0 bridgehead atoms. The van der Waals surface area contributed by atoms with E-state index in [4.69, 9.17) is 23.7 Å². The van der Waals surface area contributed by atoms with E-state index >= 15 is 0 Å². The number of benzene rings is 2. The van der Waals surface area contributed by atoms with Crippen LogP contribution in [0, 0.1) is 0 Å². The first-order valence-corrected chi connectivity index (χ1v) is 8.06. The standard InChI is InChI=1S/C18H19BrO6/c1-21-13-9-14(22-2)12(19)8-11(13)17(20)10-6-15(23-3)18(25-5)16(7-10)24-4/h6-9H,1-5H3. The molecule has 0 fully saturated rings. The molecule has 2 aromatic carbocycles. The lowest BCUT2D eigenvalue weighted by Crippen LogP contribution is -2.06. The van der Waals surface area contributed by atoms with E-state index < -0.39 is 0 Å². The van der Waals surface area contributed by atoms with Gasteiger partial charge in [0.25, 0.3) is 0 Å². The quantitative estimate of drug-likeness (QED) is 0.648. The van der Waals surface area contributed by atoms with Crippen LogP contribution < -0.4 is 23.7 Å². The minimum absolute atomic E-state index is 0.251. The molecule has 0 amide bonds. The minimum Gasteiger partial charge on any atom is -0.496 e. The molecular formula is C18H19BrO6. The third kappa shape index (κ3) is 3.66. The van der Waals surface area contributed by atoms with Crippen molar-refractivity contribution in [3.05, 3.63) is 39.9 Å². The molecule has 0 heterocycles. The summed E-state index contributed by atoms with van der Waals surface area (Å²) < 4.78 is 27.1. The van der Waals surface area contributed by atoms with E-state index in [1.165, 1.54) is 28.4 Å². The Labute approximate surface area is 154 Å². The van der Waals surface area contributed by atoms with Gasteiger partial charge in [-0.1, -0.05) is 0 Å². The molecule has 2 rings (SSSR count). The van der Waals surface area contributed by atoms with Gasteiger partial charge < -0.3 is 23.7 Å². The van der Waals surface area contributed by atoms with Crippen LogP contribution in [-0.4, -0.2) is 41.3 Å². The number of methoxy groups -OCH3 is 5. The first-order chi connectivity index (χ1) is 12.0. The second-order valence-electron chi connectivity index (χ2n) is 4.93. The zero-order chi connectivity index (χ0) is 18.6. The summed E-state index contributed by atoms with van der Waals surface area (Å²) in [5.74, 6) is 1.94. The van der Waals surface area contributed by atoms with Gasteiger partial charge in [0.1, 0.15) is 11.5 Å². The van der Waals surface area contributed by atoms with E-state index in [9.17, 15) is 4.79 Å². The van der Waals surface area contributed by atoms with Crippen molar-refractivity contribution in [2.75, 3.05) is 35.5 Å². The summed E-state index contributed by atoms with van der Waals surface area (Å²) in [5, 5.41) is 0. The maximum Gasteiger partial charge on any atom is 0.203 e. The zero-order valence-corrected chi connectivity index (χ0v) is 16.2. The smallest absolute Gasteiger partial charge is 0.203 e. The molecule has 0 atom stereocenters. The molecule has 7 heteroatoms. The fourth-order valence-corrected chi connectivity index (χ4v) is 2.91. The van der Waals surface area contributed by atoms with Crippen LogP contribution in [-0.2, 0) is 0 Å². The molecule has 134 valence electrons. The van der Waals surface area contributed by atoms with Gasteiger partial charge in [0, 0.05) is 11.6 Å². The van der Waals surface area contributed by atoms with Gasteiger partial charge in [0.15, 0.2) is 17.3 Å². The molecular weight excluding hydrogens is 392 g/mol. The summed E-state index contributed by atoms with van der Waals surface area (Å²) in [6, 6.07) is 6.50. The summed E-state index contributed by atoms with van der Waals surface area (Å²) >= 11 is 3.39. The van der Waals surface area contributed by atoms with Crippen molar-refractivity contribution in [3.8, 4) is 28.7 Å². The van der Waals surface area contributed by atoms with Crippen LogP contribution in [0.3, 0.4) is 0 Å². The first-order valence-electron chi connectivity index (χ1n) is 7.26. The maximum absolute atomic E-state index is 13.0. The number of carbonyl (C=O) groups is 1. The predicted molar refractivity (Wildman–Crippen MR) is 96.8 cm³/mol. The van der Waals surface area contributed by atoms with Crippen LogP contribution in [0.4, 0.5) is 0 Å². The van der Waals surface area contributed by atoms with Gasteiger partial charge in [-0.2, -0.15) is 0 Å². The van der Waals surface area contributed by atoms with E-state index in [1.54, 1.807) is 31.4 Å². The molecule has 6 nitrogen and oxygen atoms in total. The maximum atomic E-state index is 13.0. The number of hydrogen-bond donors (Lipinski definition) is 0. The van der Waals surface area contributed by atoms with E-state index in [0.29, 0.717) is 44.3 Å². The summed E-state index contributed by atoms with van der Waals surface area (Å²) in [6.07, 6.45) is 0. The highest BCUT2D eigenvalue weighted by atomic mass is 79.9. The third-order valence-corrected chi connectivity index (χ3v) is 4.27. The molecule has 0 aliphatic carbocycles. The molecule has 0 aromatic heterocycles. The highest BCUT2D eigenvalue weighted by molar-refractivity contribution is 9.10. The number of halogens is 1. The number of carbonyl (C=O) groups excluding carboxylic acids is 1. The Morgan fingerprint density at radius 2 is 1.24 bits per heavy atom. The van der Waals surface area contributed by atoms with Gasteiger partial charge in [-0.05, 0) is 34.1 Å². The van der Waals surface area contributed by atoms with Gasteiger partial charge in [0.05, 0.1) is 45.6 Å². The summed E-state index contributed by atoms with van der Waals surface area (Å²) in [7, 11) is 7.53. The Kier molecular flexibility index (Phi) is 6.14. The van der Waals surface area contributed by atoms with Crippen LogP contribution in [0.5, 0.6) is 28.7 Å². The van der Waals surface area contributed by atoms with E-state index in [0.717, 1.165) is 0 Å². The Bertz CT molecular complexity index is 762. The summed E-state index contributed by atoms with van der Waals surface area (Å²) in [4.78, 5) is 13.0. The van der Waals surface area contributed by atoms with E-state index in [-0.39, 0.29) is 5.78 Å². The number of ketones is 1. The van der Waals surface area contributed by atoms with Crippen LogP contribution in [0.2, 0.25) is 0 Å². The molecule has 0 radical (unpaired) electrons. The molecule has 0 unspecified atom stereocenters. The Balaban J connectivity index is 2.60. The normalized spacial score (nSPS) is 10.2. The predicted octanol–water partition coefficient (Wildman–Crippen LogP) is 3.72. The van der Waals surface area contributed by atoms with Gasteiger partial charge in [-0.3, -0.25) is 4.79 Å². The summed E-state index contributed by atoms with van der Waals surface area (Å²) in [6.45, 7) is 0. The Morgan fingerprint density at radius 3 is 1.68 bits per heavy atom. The number of hydrogen-bond acceptors (Lipinski definition) is 6. The number of ether oxygens (including phenoxy) is 5. The fraction of sp³-hybridized carbons (Fsp3) is 0.278. The Hall–Kier alpha value is -2.41. The van der Waals surface area contributed by atoms with Crippen LogP contribution in [0.1, 0.15) is 15.9 Å². The average molecular weight is 411 g/mol. The third-order valence-electron chi connectivity index (χ3n) is 3.65.